The molecule has 0 heterocycles. The number of hydrogen-bond donors (Lipinski definition) is 1. The molecule has 1 N–H and O–H groups in total. The second kappa shape index (κ2) is 5.57. The van der Waals surface area contributed by atoms with E-state index in [0.717, 1.165) is 33.2 Å². The summed E-state index contributed by atoms with van der Waals surface area (Å²) < 4.78 is 6.11. The van der Waals surface area contributed by atoms with Crippen LogP contribution in [0.2, 0.25) is 0 Å². The van der Waals surface area contributed by atoms with Crippen LogP contribution in [0.4, 0.5) is 0 Å². The smallest absolute Gasteiger partial charge is 0.130 e. The average molecular weight is 314 g/mol. The highest BCUT2D eigenvalue weighted by molar-refractivity contribution is 5.89. The molecular weight excluding hydrogens is 296 g/mol. The summed E-state index contributed by atoms with van der Waals surface area (Å²) in [6.07, 6.45) is 0. The quantitative estimate of drug-likeness (QED) is 0.484. The molecule has 2 nitrogen and oxygen atoms in total. The second-order valence-corrected chi connectivity index (χ2v) is 6.21. The van der Waals surface area contributed by atoms with Crippen molar-refractivity contribution in [1.29, 1.82) is 0 Å². The maximum Gasteiger partial charge on any atom is 0.130 e. The zero-order chi connectivity index (χ0) is 16.7. The normalized spacial score (nSPS) is 11.1. The van der Waals surface area contributed by atoms with Crippen molar-refractivity contribution >= 4 is 21.5 Å². The van der Waals surface area contributed by atoms with Crippen LogP contribution in [0.1, 0.15) is 11.1 Å². The van der Waals surface area contributed by atoms with Crippen LogP contribution in [0, 0.1) is 13.8 Å². The third-order valence-electron chi connectivity index (χ3n) is 4.42. The van der Waals surface area contributed by atoms with Crippen molar-refractivity contribution in [3.05, 3.63) is 77.9 Å². The highest BCUT2D eigenvalue weighted by Crippen LogP contribution is 2.33. The molecule has 0 bridgehead atoms. The van der Waals surface area contributed by atoms with Gasteiger partial charge in [0.15, 0.2) is 0 Å². The fourth-order valence-corrected chi connectivity index (χ4v) is 3.08. The van der Waals surface area contributed by atoms with Gasteiger partial charge in [0.2, 0.25) is 0 Å². The first-order chi connectivity index (χ1) is 11.6. The van der Waals surface area contributed by atoms with Crippen molar-refractivity contribution < 1.29 is 9.84 Å². The molecular formula is C22H18O2. The van der Waals surface area contributed by atoms with E-state index in [4.69, 9.17) is 4.74 Å². The number of fused-ring (bicyclic) bond motifs is 2. The number of phenolic OH excluding ortho intramolecular Hbond substituents is 1. The SMILES string of the molecule is Cc1ccc2cc(Oc3ccc4ccc(O)cc4c3C)ccc2c1. The van der Waals surface area contributed by atoms with Crippen LogP contribution >= 0.6 is 0 Å². The Balaban J connectivity index is 1.76. The standard InChI is InChI=1S/C22H18O2/c1-14-3-4-18-12-20(9-6-17(18)11-14)24-22-10-7-16-5-8-19(23)13-21(16)15(22)2/h3-13,23H,1-2H3. The van der Waals surface area contributed by atoms with Gasteiger partial charge in [-0.3, -0.25) is 0 Å². The number of rotatable bonds is 2. The highest BCUT2D eigenvalue weighted by atomic mass is 16.5. The van der Waals surface area contributed by atoms with Gasteiger partial charge in [-0.25, -0.2) is 0 Å². The minimum atomic E-state index is 0.267. The van der Waals surface area contributed by atoms with Crippen LogP contribution in [-0.4, -0.2) is 5.11 Å². The lowest BCUT2D eigenvalue weighted by Gasteiger charge is -2.12. The molecule has 4 aromatic carbocycles. The van der Waals surface area contributed by atoms with Crippen molar-refractivity contribution in [1.82, 2.24) is 0 Å². The Kier molecular flexibility index (Phi) is 3.39. The summed E-state index contributed by atoms with van der Waals surface area (Å²) in [5.41, 5.74) is 2.27. The summed E-state index contributed by atoms with van der Waals surface area (Å²) >= 11 is 0. The topological polar surface area (TPSA) is 29.5 Å². The molecule has 0 unspecified atom stereocenters. The summed E-state index contributed by atoms with van der Waals surface area (Å²) in [4.78, 5) is 0. The third kappa shape index (κ3) is 2.56. The maximum atomic E-state index is 9.74. The number of aryl methyl sites for hydroxylation is 2. The number of hydrogen-bond acceptors (Lipinski definition) is 2. The first-order valence-electron chi connectivity index (χ1n) is 8.01. The van der Waals surface area contributed by atoms with Gasteiger partial charge in [-0.2, -0.15) is 0 Å². The predicted octanol–water partition coefficient (Wildman–Crippen LogP) is 6.11. The van der Waals surface area contributed by atoms with Crippen molar-refractivity contribution in [2.75, 3.05) is 0 Å². The fraction of sp³-hybridized carbons (Fsp3) is 0.0909. The highest BCUT2D eigenvalue weighted by Gasteiger charge is 2.07. The lowest BCUT2D eigenvalue weighted by Crippen LogP contribution is -1.89. The van der Waals surface area contributed by atoms with Crippen LogP contribution in [0.25, 0.3) is 21.5 Å². The molecule has 0 fully saturated rings. The van der Waals surface area contributed by atoms with Crippen LogP contribution in [-0.2, 0) is 0 Å². The van der Waals surface area contributed by atoms with Crippen molar-refractivity contribution in [3.8, 4) is 17.2 Å². The summed E-state index contributed by atoms with van der Waals surface area (Å²) in [5, 5.41) is 14.2. The van der Waals surface area contributed by atoms with Gasteiger partial charge in [0.25, 0.3) is 0 Å². The predicted molar refractivity (Wildman–Crippen MR) is 99.1 cm³/mol. The molecule has 0 radical (unpaired) electrons. The molecule has 24 heavy (non-hydrogen) atoms. The van der Waals surface area contributed by atoms with Gasteiger partial charge in [-0.05, 0) is 71.3 Å². The van der Waals surface area contributed by atoms with Gasteiger partial charge in [-0.15, -0.1) is 0 Å². The molecule has 0 atom stereocenters. The van der Waals surface area contributed by atoms with Crippen LogP contribution in [0.5, 0.6) is 17.2 Å². The molecule has 0 amide bonds. The largest absolute Gasteiger partial charge is 0.508 e. The number of phenols is 1. The molecule has 118 valence electrons. The van der Waals surface area contributed by atoms with Crippen LogP contribution < -0.4 is 4.74 Å². The van der Waals surface area contributed by atoms with E-state index in [1.807, 2.05) is 31.2 Å². The van der Waals surface area contributed by atoms with Crippen LogP contribution in [0.3, 0.4) is 0 Å². The molecule has 4 rings (SSSR count). The molecule has 0 aromatic heterocycles. The summed E-state index contributed by atoms with van der Waals surface area (Å²) in [6.45, 7) is 4.11. The molecule has 2 heteroatoms. The minimum absolute atomic E-state index is 0.267. The van der Waals surface area contributed by atoms with E-state index in [0.29, 0.717) is 0 Å². The van der Waals surface area contributed by atoms with E-state index in [1.165, 1.54) is 10.9 Å². The van der Waals surface area contributed by atoms with E-state index in [1.54, 1.807) is 12.1 Å². The van der Waals surface area contributed by atoms with E-state index < -0.39 is 0 Å². The van der Waals surface area contributed by atoms with Crippen molar-refractivity contribution in [2.24, 2.45) is 0 Å². The zero-order valence-electron chi connectivity index (χ0n) is 13.7. The van der Waals surface area contributed by atoms with E-state index in [9.17, 15) is 5.11 Å². The zero-order valence-corrected chi connectivity index (χ0v) is 13.7. The summed E-state index contributed by atoms with van der Waals surface area (Å²) in [6, 6.07) is 21.9. The first-order valence-corrected chi connectivity index (χ1v) is 8.01. The molecule has 0 saturated carbocycles. The van der Waals surface area contributed by atoms with Crippen molar-refractivity contribution in [3.63, 3.8) is 0 Å². The molecule has 0 spiro atoms. The number of aromatic hydroxyl groups is 1. The van der Waals surface area contributed by atoms with E-state index in [-0.39, 0.29) is 5.75 Å². The van der Waals surface area contributed by atoms with Crippen LogP contribution in [0.15, 0.2) is 66.7 Å². The van der Waals surface area contributed by atoms with Gasteiger partial charge in [0, 0.05) is 0 Å². The Bertz CT molecular complexity index is 1060. The molecule has 0 aliphatic rings. The lowest BCUT2D eigenvalue weighted by molar-refractivity contribution is 0.475. The van der Waals surface area contributed by atoms with E-state index >= 15 is 0 Å². The second-order valence-electron chi connectivity index (χ2n) is 6.21. The van der Waals surface area contributed by atoms with Gasteiger partial charge in [-0.1, -0.05) is 42.0 Å². The Labute approximate surface area is 140 Å². The van der Waals surface area contributed by atoms with Gasteiger partial charge < -0.3 is 9.84 Å². The number of benzene rings is 4. The molecule has 0 aliphatic heterocycles. The molecule has 0 saturated heterocycles. The first kappa shape index (κ1) is 14.6. The van der Waals surface area contributed by atoms with Crippen molar-refractivity contribution in [2.45, 2.75) is 13.8 Å². The Morgan fingerprint density at radius 2 is 1.42 bits per heavy atom. The lowest BCUT2D eigenvalue weighted by atomic mass is 10.0. The maximum absolute atomic E-state index is 9.74. The van der Waals surface area contributed by atoms with Gasteiger partial charge in [0.05, 0.1) is 0 Å². The van der Waals surface area contributed by atoms with Gasteiger partial charge in [0.1, 0.15) is 17.2 Å². The Morgan fingerprint density at radius 1 is 0.708 bits per heavy atom. The minimum Gasteiger partial charge on any atom is -0.508 e. The molecule has 0 aliphatic carbocycles. The molecule has 4 aromatic rings. The number of ether oxygens (including phenoxy) is 1. The Morgan fingerprint density at radius 3 is 2.29 bits per heavy atom. The Hall–Kier alpha value is -3.00. The summed E-state index contributed by atoms with van der Waals surface area (Å²) in [5.74, 6) is 1.89. The average Bonchev–Trinajstić information content (AvgIpc) is 2.58. The monoisotopic (exact) mass is 314 g/mol. The van der Waals surface area contributed by atoms with E-state index in [2.05, 4.69) is 37.3 Å². The summed E-state index contributed by atoms with van der Waals surface area (Å²) in [7, 11) is 0. The third-order valence-corrected chi connectivity index (χ3v) is 4.42. The fourth-order valence-electron chi connectivity index (χ4n) is 3.08. The van der Waals surface area contributed by atoms with Gasteiger partial charge >= 0.3 is 0 Å².